The number of amides is 2. The molecule has 162 valence electrons. The highest BCUT2D eigenvalue weighted by Gasteiger charge is 2.58. The Balaban J connectivity index is 0.00000256. The number of guanidine groups is 1. The van der Waals surface area contributed by atoms with Crippen molar-refractivity contribution in [3.8, 4) is 0 Å². The summed E-state index contributed by atoms with van der Waals surface area (Å²) in [6.07, 6.45) is 5.93. The highest BCUT2D eigenvalue weighted by Crippen LogP contribution is 2.52. The lowest BCUT2D eigenvalue weighted by molar-refractivity contribution is -0.140. The van der Waals surface area contributed by atoms with Crippen molar-refractivity contribution in [1.82, 2.24) is 20.5 Å². The number of nitrogens with zero attached hydrogens (tertiary/aromatic N) is 3. The van der Waals surface area contributed by atoms with E-state index in [0.717, 1.165) is 24.4 Å². The van der Waals surface area contributed by atoms with Gasteiger partial charge in [-0.15, -0.1) is 24.0 Å². The number of aliphatic imine (C=N–C) groups is 1. The fourth-order valence-corrected chi connectivity index (χ4v) is 4.82. The maximum atomic E-state index is 12.7. The van der Waals surface area contributed by atoms with E-state index in [1.165, 1.54) is 4.90 Å². The second-order valence-corrected chi connectivity index (χ2v) is 8.07. The maximum Gasteiger partial charge on any atom is 0.233 e. The van der Waals surface area contributed by atoms with Gasteiger partial charge in [0.15, 0.2) is 5.96 Å². The molecule has 0 radical (unpaired) electrons. The van der Waals surface area contributed by atoms with E-state index >= 15 is 0 Å². The molecule has 2 aliphatic carbocycles. The van der Waals surface area contributed by atoms with Crippen LogP contribution in [0.25, 0.3) is 0 Å². The molecule has 4 unspecified atom stereocenters. The Morgan fingerprint density at radius 2 is 1.87 bits per heavy atom. The predicted molar refractivity (Wildman–Crippen MR) is 126 cm³/mol. The fraction of sp³-hybridized carbons (Fsp3) is 0.545. The number of aromatic nitrogens is 1. The van der Waals surface area contributed by atoms with Crippen molar-refractivity contribution in [2.75, 3.05) is 19.6 Å². The zero-order chi connectivity index (χ0) is 20.4. The maximum absolute atomic E-state index is 12.7. The van der Waals surface area contributed by atoms with Gasteiger partial charge < -0.3 is 10.6 Å². The van der Waals surface area contributed by atoms with Crippen LogP contribution in [0.4, 0.5) is 0 Å². The molecular formula is C22H30IN5O2. The van der Waals surface area contributed by atoms with Crippen molar-refractivity contribution < 1.29 is 9.59 Å². The molecule has 30 heavy (non-hydrogen) atoms. The number of nitrogens with one attached hydrogen (secondary N) is 2. The standard InChI is InChI=1S/C22H29N5O2.HI/c1-3-23-22(25-13-17-7-4-6-14(2)26-17)24-10-5-11-27-20(28)18-15-8-9-16(12-15)19(18)21(27)29;/h4,6-9,15-16,18-19H,3,5,10-13H2,1-2H3,(H2,23,24,25);1H. The van der Waals surface area contributed by atoms with Crippen molar-refractivity contribution in [3.05, 3.63) is 41.7 Å². The van der Waals surface area contributed by atoms with Gasteiger partial charge in [0.1, 0.15) is 0 Å². The quantitative estimate of drug-likeness (QED) is 0.143. The molecule has 1 saturated carbocycles. The van der Waals surface area contributed by atoms with Crippen molar-refractivity contribution in [2.24, 2.45) is 28.7 Å². The Bertz CT molecular complexity index is 826. The molecule has 2 heterocycles. The van der Waals surface area contributed by atoms with E-state index in [9.17, 15) is 9.59 Å². The molecular weight excluding hydrogens is 493 g/mol. The van der Waals surface area contributed by atoms with Crippen LogP contribution in [0.5, 0.6) is 0 Å². The van der Waals surface area contributed by atoms with Gasteiger partial charge in [-0.05, 0) is 50.7 Å². The first kappa shape index (κ1) is 22.7. The van der Waals surface area contributed by atoms with Gasteiger partial charge >= 0.3 is 0 Å². The molecule has 1 aromatic heterocycles. The molecule has 4 atom stereocenters. The number of carbonyl (C=O) groups excluding carboxylic acids is 2. The van der Waals surface area contributed by atoms with Crippen LogP contribution in [-0.4, -0.2) is 47.3 Å². The SMILES string of the molecule is CCNC(=NCc1cccc(C)n1)NCCCN1C(=O)C2C3C=CC(C3)C2C1=O.I. The Labute approximate surface area is 194 Å². The van der Waals surface area contributed by atoms with Crippen LogP contribution in [0.1, 0.15) is 31.2 Å². The van der Waals surface area contributed by atoms with E-state index in [1.807, 2.05) is 32.0 Å². The number of aryl methyl sites for hydroxylation is 1. The minimum Gasteiger partial charge on any atom is -0.357 e. The van der Waals surface area contributed by atoms with E-state index in [0.29, 0.717) is 32.0 Å². The Morgan fingerprint density at radius 1 is 1.17 bits per heavy atom. The largest absolute Gasteiger partial charge is 0.357 e. The zero-order valence-electron chi connectivity index (χ0n) is 17.5. The summed E-state index contributed by atoms with van der Waals surface area (Å²) >= 11 is 0. The van der Waals surface area contributed by atoms with Crippen LogP contribution >= 0.6 is 24.0 Å². The molecule has 0 spiro atoms. The Hall–Kier alpha value is -1.97. The lowest BCUT2D eigenvalue weighted by Crippen LogP contribution is -2.40. The van der Waals surface area contributed by atoms with Crippen LogP contribution in [-0.2, 0) is 16.1 Å². The molecule has 2 fully saturated rings. The summed E-state index contributed by atoms with van der Waals surface area (Å²) in [5.41, 5.74) is 1.90. The van der Waals surface area contributed by atoms with Crippen molar-refractivity contribution >= 4 is 41.8 Å². The second kappa shape index (κ2) is 9.89. The number of halogens is 1. The Morgan fingerprint density at radius 3 is 2.50 bits per heavy atom. The molecule has 1 aliphatic heterocycles. The van der Waals surface area contributed by atoms with Gasteiger partial charge in [0.25, 0.3) is 0 Å². The lowest BCUT2D eigenvalue weighted by atomic mass is 9.85. The monoisotopic (exact) mass is 523 g/mol. The summed E-state index contributed by atoms with van der Waals surface area (Å²) in [7, 11) is 0. The average Bonchev–Trinajstić information content (AvgIpc) is 3.38. The highest BCUT2D eigenvalue weighted by molar-refractivity contribution is 14.0. The first-order chi connectivity index (χ1) is 14.1. The molecule has 0 aromatic carbocycles. The van der Waals surface area contributed by atoms with Gasteiger partial charge in [-0.2, -0.15) is 0 Å². The van der Waals surface area contributed by atoms with Gasteiger partial charge in [-0.3, -0.25) is 19.5 Å². The van der Waals surface area contributed by atoms with E-state index in [2.05, 4.69) is 32.8 Å². The molecule has 2 N–H and O–H groups in total. The first-order valence-corrected chi connectivity index (χ1v) is 10.6. The summed E-state index contributed by atoms with van der Waals surface area (Å²) in [6, 6.07) is 5.91. The molecule has 1 aromatic rings. The van der Waals surface area contributed by atoms with E-state index in [-0.39, 0.29) is 59.5 Å². The van der Waals surface area contributed by atoms with Gasteiger partial charge in [-0.25, -0.2) is 4.99 Å². The minimum absolute atomic E-state index is 0. The van der Waals surface area contributed by atoms with Gasteiger partial charge in [0.05, 0.1) is 24.1 Å². The van der Waals surface area contributed by atoms with Gasteiger partial charge in [-0.1, -0.05) is 18.2 Å². The van der Waals surface area contributed by atoms with Crippen molar-refractivity contribution in [3.63, 3.8) is 0 Å². The zero-order valence-corrected chi connectivity index (χ0v) is 19.8. The number of allylic oxidation sites excluding steroid dienone is 2. The summed E-state index contributed by atoms with van der Waals surface area (Å²) in [5, 5.41) is 6.51. The molecule has 2 amide bonds. The van der Waals surface area contributed by atoms with Crippen LogP contribution < -0.4 is 10.6 Å². The molecule has 3 aliphatic rings. The highest BCUT2D eigenvalue weighted by atomic mass is 127. The normalized spacial score (nSPS) is 26.7. The minimum atomic E-state index is -0.105. The number of fused-ring (bicyclic) bond motifs is 5. The summed E-state index contributed by atoms with van der Waals surface area (Å²) in [6.45, 7) is 6.35. The predicted octanol–water partition coefficient (Wildman–Crippen LogP) is 2.26. The van der Waals surface area contributed by atoms with Crippen LogP contribution in [0, 0.1) is 30.6 Å². The Kier molecular flexibility index (Phi) is 7.49. The second-order valence-electron chi connectivity index (χ2n) is 8.07. The van der Waals surface area contributed by atoms with E-state index in [1.54, 1.807) is 0 Å². The molecule has 1 saturated heterocycles. The van der Waals surface area contributed by atoms with Crippen LogP contribution in [0.3, 0.4) is 0 Å². The van der Waals surface area contributed by atoms with Crippen molar-refractivity contribution in [1.29, 1.82) is 0 Å². The van der Waals surface area contributed by atoms with Crippen LogP contribution in [0.2, 0.25) is 0 Å². The van der Waals surface area contributed by atoms with Crippen molar-refractivity contribution in [2.45, 2.75) is 33.2 Å². The number of rotatable bonds is 7. The third-order valence-electron chi connectivity index (χ3n) is 6.10. The average molecular weight is 523 g/mol. The number of hydrogen-bond donors (Lipinski definition) is 2. The lowest BCUT2D eigenvalue weighted by Gasteiger charge is -2.18. The number of likely N-dealkylation sites (tertiary alicyclic amines) is 1. The molecule has 4 rings (SSSR count). The topological polar surface area (TPSA) is 86.7 Å². The van der Waals surface area contributed by atoms with E-state index in [4.69, 9.17) is 0 Å². The number of hydrogen-bond acceptors (Lipinski definition) is 4. The summed E-state index contributed by atoms with van der Waals surface area (Å²) in [5.74, 6) is 1.11. The summed E-state index contributed by atoms with van der Waals surface area (Å²) in [4.78, 5) is 36.0. The molecule has 8 heteroatoms. The summed E-state index contributed by atoms with van der Waals surface area (Å²) < 4.78 is 0. The number of pyridine rings is 1. The van der Waals surface area contributed by atoms with Gasteiger partial charge in [0.2, 0.25) is 11.8 Å². The fourth-order valence-electron chi connectivity index (χ4n) is 4.82. The first-order valence-electron chi connectivity index (χ1n) is 10.6. The molecule has 2 bridgehead atoms. The van der Waals surface area contributed by atoms with Crippen LogP contribution in [0.15, 0.2) is 35.3 Å². The third kappa shape index (κ3) is 4.53. The van der Waals surface area contributed by atoms with Gasteiger partial charge in [0, 0.05) is 25.3 Å². The number of carbonyl (C=O) groups is 2. The number of imide groups is 1. The third-order valence-corrected chi connectivity index (χ3v) is 6.10. The van der Waals surface area contributed by atoms with E-state index < -0.39 is 0 Å². The molecule has 7 nitrogen and oxygen atoms in total. The smallest absolute Gasteiger partial charge is 0.233 e.